The van der Waals surface area contributed by atoms with Gasteiger partial charge in [0.2, 0.25) is 0 Å². The number of aromatic nitrogens is 2. The van der Waals surface area contributed by atoms with E-state index < -0.39 is 5.97 Å². The molecule has 3 aromatic carbocycles. The number of benzene rings is 3. The van der Waals surface area contributed by atoms with Gasteiger partial charge in [-0.2, -0.15) is 9.78 Å². The summed E-state index contributed by atoms with van der Waals surface area (Å²) in [6.07, 6.45) is 3.86. The zero-order chi connectivity index (χ0) is 28.8. The lowest BCUT2D eigenvalue weighted by Gasteiger charge is -2.17. The Bertz CT molecular complexity index is 1660. The number of carboxylic acids is 1. The molecule has 0 aliphatic carbocycles. The number of ether oxygens (including phenoxy) is 2. The molecule has 0 radical (unpaired) electrons. The molecule has 1 heterocycles. The first-order chi connectivity index (χ1) is 19.2. The highest BCUT2D eigenvalue weighted by Crippen LogP contribution is 2.34. The Morgan fingerprint density at radius 2 is 1.98 bits per heavy atom. The van der Waals surface area contributed by atoms with Crippen molar-refractivity contribution in [2.24, 2.45) is 5.10 Å². The predicted octanol–water partition coefficient (Wildman–Crippen LogP) is 6.57. The molecule has 206 valence electrons. The van der Waals surface area contributed by atoms with E-state index in [4.69, 9.17) is 14.5 Å². The number of hydrogen-bond donors (Lipinski definition) is 1. The van der Waals surface area contributed by atoms with Crippen LogP contribution in [0.25, 0.3) is 10.9 Å². The lowest BCUT2D eigenvalue weighted by atomic mass is 10.1. The SMILES string of the molecule is C=CCc1cc(C=Nn2c(C(C)C)nc3ccc(Br)cc3c2=O)cc(OCC)c1OCc1cccc(C(=O)O)c1. The van der Waals surface area contributed by atoms with E-state index in [1.165, 1.54) is 10.7 Å². The van der Waals surface area contributed by atoms with E-state index >= 15 is 0 Å². The van der Waals surface area contributed by atoms with Gasteiger partial charge < -0.3 is 14.6 Å². The van der Waals surface area contributed by atoms with Crippen LogP contribution in [0.5, 0.6) is 11.5 Å². The van der Waals surface area contributed by atoms with Crippen LogP contribution in [0, 0.1) is 0 Å². The van der Waals surface area contributed by atoms with E-state index in [9.17, 15) is 14.7 Å². The van der Waals surface area contributed by atoms with Crippen molar-refractivity contribution in [3.8, 4) is 11.5 Å². The first-order valence-corrected chi connectivity index (χ1v) is 13.6. The highest BCUT2D eigenvalue weighted by molar-refractivity contribution is 9.10. The Morgan fingerprint density at radius 3 is 2.67 bits per heavy atom. The van der Waals surface area contributed by atoms with Crippen molar-refractivity contribution in [3.63, 3.8) is 0 Å². The third-order valence-corrected chi connectivity index (χ3v) is 6.54. The van der Waals surface area contributed by atoms with Crippen LogP contribution in [-0.2, 0) is 13.0 Å². The van der Waals surface area contributed by atoms with Gasteiger partial charge in [-0.3, -0.25) is 4.79 Å². The Kier molecular flexibility index (Phi) is 9.16. The van der Waals surface area contributed by atoms with Crippen molar-refractivity contribution < 1.29 is 19.4 Å². The fraction of sp³-hybridized carbons (Fsp3) is 0.226. The van der Waals surface area contributed by atoms with Gasteiger partial charge in [-0.05, 0) is 66.9 Å². The fourth-order valence-electron chi connectivity index (χ4n) is 4.22. The van der Waals surface area contributed by atoms with E-state index in [0.29, 0.717) is 52.4 Å². The molecule has 0 spiro atoms. The highest BCUT2D eigenvalue weighted by atomic mass is 79.9. The molecule has 0 atom stereocenters. The maximum Gasteiger partial charge on any atom is 0.335 e. The number of aromatic carboxylic acids is 1. The van der Waals surface area contributed by atoms with E-state index in [1.54, 1.807) is 42.6 Å². The largest absolute Gasteiger partial charge is 0.490 e. The molecule has 1 N–H and O–H groups in total. The smallest absolute Gasteiger partial charge is 0.335 e. The van der Waals surface area contributed by atoms with E-state index in [1.807, 2.05) is 39.0 Å². The van der Waals surface area contributed by atoms with E-state index in [0.717, 1.165) is 10.0 Å². The number of halogens is 1. The van der Waals surface area contributed by atoms with E-state index in [2.05, 4.69) is 27.6 Å². The Morgan fingerprint density at radius 1 is 1.18 bits per heavy atom. The summed E-state index contributed by atoms with van der Waals surface area (Å²) >= 11 is 3.43. The second-order valence-corrected chi connectivity index (χ2v) is 10.3. The number of nitrogens with zero attached hydrogens (tertiary/aromatic N) is 3. The summed E-state index contributed by atoms with van der Waals surface area (Å²) in [7, 11) is 0. The standard InChI is InChI=1S/C31H30BrN3O5/c1-5-8-22-14-21(15-27(39-6-2)28(22)40-18-20-9-7-10-23(13-20)31(37)38)17-33-35-29(19(3)4)34-26-12-11-24(32)16-25(26)30(35)36/h5,7,9-17,19H,1,6,8,18H2,2-4H3,(H,37,38). The van der Waals surface area contributed by atoms with Crippen molar-refractivity contribution in [1.29, 1.82) is 0 Å². The van der Waals surface area contributed by atoms with Crippen molar-refractivity contribution in [2.45, 2.75) is 39.7 Å². The third kappa shape index (κ3) is 6.48. The third-order valence-electron chi connectivity index (χ3n) is 6.05. The van der Waals surface area contributed by atoms with E-state index in [-0.39, 0.29) is 23.6 Å². The number of fused-ring (bicyclic) bond motifs is 1. The summed E-state index contributed by atoms with van der Waals surface area (Å²) in [4.78, 5) is 29.5. The summed E-state index contributed by atoms with van der Waals surface area (Å²) in [6, 6.07) is 15.7. The monoisotopic (exact) mass is 603 g/mol. The zero-order valence-corrected chi connectivity index (χ0v) is 24.1. The zero-order valence-electron chi connectivity index (χ0n) is 22.6. The van der Waals surface area contributed by atoms with Crippen LogP contribution in [0.3, 0.4) is 0 Å². The summed E-state index contributed by atoms with van der Waals surface area (Å²) in [5, 5.41) is 14.3. The summed E-state index contributed by atoms with van der Waals surface area (Å²) < 4.78 is 14.2. The molecule has 4 aromatic rings. The van der Waals surface area contributed by atoms with Crippen LogP contribution in [0.1, 0.15) is 59.6 Å². The van der Waals surface area contributed by atoms with Crippen LogP contribution >= 0.6 is 15.9 Å². The number of rotatable bonds is 11. The molecule has 0 bridgehead atoms. The van der Waals surface area contributed by atoms with Crippen LogP contribution in [0.2, 0.25) is 0 Å². The Balaban J connectivity index is 1.74. The van der Waals surface area contributed by atoms with Crippen molar-refractivity contribution >= 4 is 39.0 Å². The van der Waals surface area contributed by atoms with Gasteiger partial charge in [-0.15, -0.1) is 6.58 Å². The minimum Gasteiger partial charge on any atom is -0.490 e. The average molecular weight is 605 g/mol. The molecule has 0 saturated heterocycles. The molecule has 0 aliphatic heterocycles. The van der Waals surface area contributed by atoms with Gasteiger partial charge in [0.25, 0.3) is 5.56 Å². The molecule has 40 heavy (non-hydrogen) atoms. The van der Waals surface area contributed by atoms with Crippen LogP contribution in [0.15, 0.2) is 81.6 Å². The second kappa shape index (κ2) is 12.7. The maximum absolute atomic E-state index is 13.4. The maximum atomic E-state index is 13.4. The number of carbonyl (C=O) groups is 1. The summed E-state index contributed by atoms with van der Waals surface area (Å²) in [6.45, 7) is 10.2. The lowest BCUT2D eigenvalue weighted by Crippen LogP contribution is -2.23. The molecule has 0 amide bonds. The predicted molar refractivity (Wildman–Crippen MR) is 160 cm³/mol. The molecule has 0 unspecified atom stereocenters. The molecule has 0 fully saturated rings. The van der Waals surface area contributed by atoms with Crippen molar-refractivity contribution in [3.05, 3.63) is 110 Å². The van der Waals surface area contributed by atoms with Crippen LogP contribution < -0.4 is 15.0 Å². The fourth-order valence-corrected chi connectivity index (χ4v) is 4.58. The molecule has 8 nitrogen and oxygen atoms in total. The summed E-state index contributed by atoms with van der Waals surface area (Å²) in [5.74, 6) is 0.563. The van der Waals surface area contributed by atoms with Gasteiger partial charge in [0.15, 0.2) is 11.5 Å². The molecule has 9 heteroatoms. The van der Waals surface area contributed by atoms with Gasteiger partial charge in [0.1, 0.15) is 12.4 Å². The van der Waals surface area contributed by atoms with Gasteiger partial charge in [-0.1, -0.05) is 48.0 Å². The van der Waals surface area contributed by atoms with Crippen molar-refractivity contribution in [2.75, 3.05) is 6.61 Å². The Hall–Kier alpha value is -4.24. The molecular formula is C31H30BrN3O5. The van der Waals surface area contributed by atoms with Crippen LogP contribution in [-0.4, -0.2) is 33.6 Å². The molecular weight excluding hydrogens is 574 g/mol. The minimum absolute atomic E-state index is 0.0383. The Labute approximate surface area is 240 Å². The highest BCUT2D eigenvalue weighted by Gasteiger charge is 2.16. The number of carboxylic acid groups (broad SMARTS) is 1. The topological polar surface area (TPSA) is 103 Å². The van der Waals surface area contributed by atoms with Gasteiger partial charge in [-0.25, -0.2) is 9.78 Å². The number of allylic oxidation sites excluding steroid dienone is 1. The van der Waals surface area contributed by atoms with Gasteiger partial charge in [0.05, 0.1) is 29.3 Å². The number of hydrogen-bond acceptors (Lipinski definition) is 6. The molecule has 0 saturated carbocycles. The first kappa shape index (κ1) is 28.8. The van der Waals surface area contributed by atoms with Crippen molar-refractivity contribution in [1.82, 2.24) is 9.66 Å². The second-order valence-electron chi connectivity index (χ2n) is 9.38. The van der Waals surface area contributed by atoms with Gasteiger partial charge >= 0.3 is 5.97 Å². The van der Waals surface area contributed by atoms with Crippen LogP contribution in [0.4, 0.5) is 0 Å². The van der Waals surface area contributed by atoms with Gasteiger partial charge in [0, 0.05) is 16.0 Å². The minimum atomic E-state index is -0.998. The lowest BCUT2D eigenvalue weighted by molar-refractivity contribution is 0.0696. The first-order valence-electron chi connectivity index (χ1n) is 12.8. The molecule has 0 aliphatic rings. The quantitative estimate of drug-likeness (QED) is 0.154. The molecule has 4 rings (SSSR count). The molecule has 1 aromatic heterocycles. The normalized spacial score (nSPS) is 11.3. The average Bonchev–Trinajstić information content (AvgIpc) is 2.92. The summed E-state index contributed by atoms with van der Waals surface area (Å²) in [5.41, 5.74) is 2.78.